The van der Waals surface area contributed by atoms with Gasteiger partial charge in [-0.05, 0) is 6.07 Å². The van der Waals surface area contributed by atoms with Gasteiger partial charge in [0.1, 0.15) is 0 Å². The molecular formula is C9H6F3NO2. The molecule has 1 aromatic carbocycles. The molecule has 80 valence electrons. The van der Waals surface area contributed by atoms with Crippen LogP contribution in [0.2, 0.25) is 0 Å². The van der Waals surface area contributed by atoms with Gasteiger partial charge in [0.05, 0.1) is 5.52 Å². The Bertz CT molecular complexity index is 490. The number of aromatic hydroxyl groups is 1. The third-order valence-corrected chi connectivity index (χ3v) is 1.84. The van der Waals surface area contributed by atoms with Gasteiger partial charge in [-0.1, -0.05) is 18.2 Å². The smallest absolute Gasteiger partial charge is 0.492 e. The summed E-state index contributed by atoms with van der Waals surface area (Å²) in [6, 6.07) is 7.39. The molecule has 0 aliphatic rings. The maximum Gasteiger partial charge on any atom is 0.591 e. The maximum absolute atomic E-state index is 12.0. The van der Waals surface area contributed by atoms with E-state index >= 15 is 0 Å². The van der Waals surface area contributed by atoms with Crippen LogP contribution < -0.4 is 4.84 Å². The first-order chi connectivity index (χ1) is 6.97. The molecule has 3 nitrogen and oxygen atoms in total. The highest BCUT2D eigenvalue weighted by atomic mass is 19.4. The molecule has 1 aromatic heterocycles. The van der Waals surface area contributed by atoms with Crippen molar-refractivity contribution in [1.82, 2.24) is 4.73 Å². The summed E-state index contributed by atoms with van der Waals surface area (Å²) < 4.78 is 36.3. The van der Waals surface area contributed by atoms with Gasteiger partial charge in [0, 0.05) is 11.5 Å². The Morgan fingerprint density at radius 2 is 1.87 bits per heavy atom. The lowest BCUT2D eigenvalue weighted by Crippen LogP contribution is -2.26. The van der Waals surface area contributed by atoms with E-state index in [1.807, 2.05) is 0 Å². The molecule has 15 heavy (non-hydrogen) atoms. The fraction of sp³-hybridized carbons (Fsp3) is 0.111. The minimum Gasteiger partial charge on any atom is -0.492 e. The quantitative estimate of drug-likeness (QED) is 0.795. The monoisotopic (exact) mass is 217 g/mol. The third kappa shape index (κ3) is 1.83. The Kier molecular flexibility index (Phi) is 1.99. The summed E-state index contributed by atoms with van der Waals surface area (Å²) in [7, 11) is 0. The lowest BCUT2D eigenvalue weighted by molar-refractivity contribution is -0.322. The molecule has 1 heterocycles. The van der Waals surface area contributed by atoms with Crippen molar-refractivity contribution in [3.05, 3.63) is 30.3 Å². The van der Waals surface area contributed by atoms with E-state index in [2.05, 4.69) is 4.84 Å². The lowest BCUT2D eigenvalue weighted by Gasteiger charge is -2.10. The van der Waals surface area contributed by atoms with Crippen LogP contribution in [0.3, 0.4) is 0 Å². The number of halogens is 3. The normalized spacial score (nSPS) is 11.9. The van der Waals surface area contributed by atoms with Crippen molar-refractivity contribution in [2.24, 2.45) is 0 Å². The molecule has 0 unspecified atom stereocenters. The minimum absolute atomic E-state index is 0.160. The molecule has 0 bridgehead atoms. The summed E-state index contributed by atoms with van der Waals surface area (Å²) in [6.07, 6.45) is -4.83. The molecule has 0 saturated heterocycles. The number of rotatable bonds is 1. The van der Waals surface area contributed by atoms with E-state index in [9.17, 15) is 18.3 Å². The Morgan fingerprint density at radius 1 is 1.20 bits per heavy atom. The molecule has 0 aliphatic carbocycles. The van der Waals surface area contributed by atoms with Gasteiger partial charge in [-0.3, -0.25) is 0 Å². The van der Waals surface area contributed by atoms with E-state index in [0.29, 0.717) is 10.1 Å². The molecule has 2 aromatic rings. The van der Waals surface area contributed by atoms with E-state index < -0.39 is 12.2 Å². The SMILES string of the molecule is Oc1cc2ccccc2n1OC(F)(F)F. The summed E-state index contributed by atoms with van der Waals surface area (Å²) in [4.78, 5) is 3.65. The van der Waals surface area contributed by atoms with Crippen molar-refractivity contribution in [3.63, 3.8) is 0 Å². The first kappa shape index (κ1) is 9.70. The largest absolute Gasteiger partial charge is 0.591 e. The van der Waals surface area contributed by atoms with Crippen molar-refractivity contribution in [1.29, 1.82) is 0 Å². The van der Waals surface area contributed by atoms with Crippen LogP contribution in [0.25, 0.3) is 10.9 Å². The second kappa shape index (κ2) is 3.08. The van der Waals surface area contributed by atoms with Crippen LogP contribution in [0, 0.1) is 0 Å². The lowest BCUT2D eigenvalue weighted by atomic mass is 10.3. The number of fused-ring (bicyclic) bond motifs is 1. The minimum atomic E-state index is -4.83. The molecule has 0 amide bonds. The zero-order valence-corrected chi connectivity index (χ0v) is 7.32. The molecule has 0 radical (unpaired) electrons. The van der Waals surface area contributed by atoms with Gasteiger partial charge in [-0.15, -0.1) is 17.9 Å². The van der Waals surface area contributed by atoms with Crippen molar-refractivity contribution < 1.29 is 23.1 Å². The fourth-order valence-electron chi connectivity index (χ4n) is 1.32. The zero-order valence-electron chi connectivity index (χ0n) is 7.32. The Labute approximate surface area is 82.3 Å². The molecule has 0 saturated carbocycles. The van der Waals surface area contributed by atoms with E-state index in [-0.39, 0.29) is 5.52 Å². The predicted octanol–water partition coefficient (Wildman–Crippen LogP) is 2.30. The Hall–Kier alpha value is -1.85. The second-order valence-corrected chi connectivity index (χ2v) is 2.89. The van der Waals surface area contributed by atoms with E-state index in [0.717, 1.165) is 0 Å². The number of nitrogens with zero attached hydrogens (tertiary/aromatic N) is 1. The van der Waals surface area contributed by atoms with Crippen molar-refractivity contribution >= 4 is 10.9 Å². The van der Waals surface area contributed by atoms with Crippen LogP contribution in [0.1, 0.15) is 0 Å². The fourth-order valence-corrected chi connectivity index (χ4v) is 1.32. The van der Waals surface area contributed by atoms with E-state index in [1.54, 1.807) is 18.2 Å². The number of hydrogen-bond donors (Lipinski definition) is 1. The van der Waals surface area contributed by atoms with Gasteiger partial charge in [-0.25, -0.2) is 0 Å². The average molecular weight is 217 g/mol. The molecule has 1 N–H and O–H groups in total. The van der Waals surface area contributed by atoms with Crippen LogP contribution in [-0.4, -0.2) is 16.2 Å². The number of hydrogen-bond acceptors (Lipinski definition) is 2. The van der Waals surface area contributed by atoms with Gasteiger partial charge in [-0.2, -0.15) is 0 Å². The topological polar surface area (TPSA) is 34.4 Å². The van der Waals surface area contributed by atoms with Crippen LogP contribution >= 0.6 is 0 Å². The van der Waals surface area contributed by atoms with Crippen molar-refractivity contribution in [2.45, 2.75) is 6.36 Å². The van der Waals surface area contributed by atoms with E-state index in [4.69, 9.17) is 0 Å². The molecule has 2 rings (SSSR count). The molecule has 6 heteroatoms. The highest BCUT2D eigenvalue weighted by Crippen LogP contribution is 2.25. The first-order valence-corrected chi connectivity index (χ1v) is 4.03. The first-order valence-electron chi connectivity index (χ1n) is 4.03. The third-order valence-electron chi connectivity index (χ3n) is 1.84. The molecule has 0 atom stereocenters. The number of benzene rings is 1. The number of aromatic nitrogens is 1. The summed E-state index contributed by atoms with van der Waals surface area (Å²) in [6.45, 7) is 0. The Balaban J connectivity index is 2.54. The van der Waals surface area contributed by atoms with Crippen molar-refractivity contribution in [3.8, 4) is 5.88 Å². The van der Waals surface area contributed by atoms with Crippen molar-refractivity contribution in [2.75, 3.05) is 0 Å². The number of para-hydroxylation sites is 1. The van der Waals surface area contributed by atoms with E-state index in [1.165, 1.54) is 12.1 Å². The van der Waals surface area contributed by atoms with Gasteiger partial charge in [0.15, 0.2) is 0 Å². The van der Waals surface area contributed by atoms with Crippen LogP contribution in [0.5, 0.6) is 5.88 Å². The Morgan fingerprint density at radius 3 is 2.53 bits per heavy atom. The van der Waals surface area contributed by atoms with Crippen LogP contribution in [0.4, 0.5) is 13.2 Å². The summed E-state index contributed by atoms with van der Waals surface area (Å²) in [5.74, 6) is -0.589. The van der Waals surface area contributed by atoms with Gasteiger partial charge in [0.2, 0.25) is 5.88 Å². The summed E-state index contributed by atoms with van der Waals surface area (Å²) in [5, 5.41) is 9.71. The molecule has 0 aliphatic heterocycles. The zero-order chi connectivity index (χ0) is 11.1. The van der Waals surface area contributed by atoms with Crippen LogP contribution in [0.15, 0.2) is 30.3 Å². The molecule has 0 spiro atoms. The summed E-state index contributed by atoms with van der Waals surface area (Å²) in [5.41, 5.74) is 0.160. The average Bonchev–Trinajstić information content (AvgIpc) is 2.41. The predicted molar refractivity (Wildman–Crippen MR) is 46.2 cm³/mol. The maximum atomic E-state index is 12.0. The van der Waals surface area contributed by atoms with Gasteiger partial charge < -0.3 is 9.94 Å². The molecule has 0 fully saturated rings. The highest BCUT2D eigenvalue weighted by Gasteiger charge is 2.33. The molecular weight excluding hydrogens is 211 g/mol. The second-order valence-electron chi connectivity index (χ2n) is 2.89. The van der Waals surface area contributed by atoms with Gasteiger partial charge in [0.25, 0.3) is 0 Å². The highest BCUT2D eigenvalue weighted by molar-refractivity contribution is 5.81. The van der Waals surface area contributed by atoms with Crippen LogP contribution in [-0.2, 0) is 0 Å². The standard InChI is InChI=1S/C9H6F3NO2/c10-9(11,12)15-13-7-4-2-1-3-6(7)5-8(13)14/h1-5,14H. The summed E-state index contributed by atoms with van der Waals surface area (Å²) >= 11 is 0. The van der Waals surface area contributed by atoms with Gasteiger partial charge >= 0.3 is 6.36 Å². The number of alkyl halides is 3.